The predicted molar refractivity (Wildman–Crippen MR) is 138 cm³/mol. The van der Waals surface area contributed by atoms with Crippen molar-refractivity contribution >= 4 is 23.2 Å². The number of nitrogens with zero attached hydrogens (tertiary/aromatic N) is 1. The van der Waals surface area contributed by atoms with Crippen LogP contribution in [0.5, 0.6) is 0 Å². The summed E-state index contributed by atoms with van der Waals surface area (Å²) in [5.74, 6) is 1.89. The smallest absolute Gasteiger partial charge is 0.135 e. The number of hydrogen-bond acceptors (Lipinski definition) is 2. The van der Waals surface area contributed by atoms with Gasteiger partial charge in [-0.1, -0.05) is 97.1 Å². The SMILES string of the molecule is C(/C=C/C=C/C1=C2OC(c3ccccc3)=CC(c3ccccc3)=C2CC1)=Nc1ccccc1. The number of para-hydroxylation sites is 1. The molecule has 3 aromatic carbocycles. The zero-order valence-corrected chi connectivity index (χ0v) is 18.4. The predicted octanol–water partition coefficient (Wildman–Crippen LogP) is 8.07. The van der Waals surface area contributed by atoms with Crippen LogP contribution in [0.25, 0.3) is 11.3 Å². The Morgan fingerprint density at radius 3 is 2.06 bits per heavy atom. The first-order valence-electron chi connectivity index (χ1n) is 11.3. The average molecular weight is 428 g/mol. The standard InChI is InChI=1S/C31H25NO/c1-5-13-24(14-6-1)29-23-30(25-15-7-2-8-16-25)33-31-26(20-21-28(29)31)17-9-4-12-22-32-27-18-10-3-11-19-27/h1-19,22-23H,20-21H2/b12-4+,17-9+,32-22?. The van der Waals surface area contributed by atoms with Crippen molar-refractivity contribution in [3.8, 4) is 0 Å². The van der Waals surface area contributed by atoms with E-state index in [-0.39, 0.29) is 0 Å². The maximum atomic E-state index is 6.48. The van der Waals surface area contributed by atoms with Gasteiger partial charge in [0.05, 0.1) is 5.69 Å². The second-order valence-corrected chi connectivity index (χ2v) is 7.95. The molecule has 0 saturated carbocycles. The van der Waals surface area contributed by atoms with Crippen molar-refractivity contribution in [2.24, 2.45) is 4.99 Å². The molecule has 0 aromatic heterocycles. The number of ether oxygens (including phenoxy) is 1. The fraction of sp³-hybridized carbons (Fsp3) is 0.0645. The Labute approximate surface area is 195 Å². The molecule has 3 aromatic rings. The minimum absolute atomic E-state index is 0.895. The average Bonchev–Trinajstić information content (AvgIpc) is 3.30. The molecule has 2 aliphatic rings. The molecule has 0 bridgehead atoms. The van der Waals surface area contributed by atoms with E-state index >= 15 is 0 Å². The number of fused-ring (bicyclic) bond motifs is 1. The third-order valence-corrected chi connectivity index (χ3v) is 5.75. The first-order chi connectivity index (χ1) is 16.4. The Hall–Kier alpha value is -4.17. The molecule has 0 unspecified atom stereocenters. The number of hydrogen-bond donors (Lipinski definition) is 0. The highest BCUT2D eigenvalue weighted by Crippen LogP contribution is 2.44. The Balaban J connectivity index is 1.43. The molecule has 2 heteroatoms. The van der Waals surface area contributed by atoms with Gasteiger partial charge in [0.25, 0.3) is 0 Å². The highest BCUT2D eigenvalue weighted by molar-refractivity contribution is 5.89. The molecule has 160 valence electrons. The van der Waals surface area contributed by atoms with E-state index in [1.807, 2.05) is 66.9 Å². The van der Waals surface area contributed by atoms with Gasteiger partial charge in [0, 0.05) is 17.4 Å². The van der Waals surface area contributed by atoms with Crippen LogP contribution < -0.4 is 0 Å². The minimum Gasteiger partial charge on any atom is -0.456 e. The second-order valence-electron chi connectivity index (χ2n) is 7.95. The molecule has 0 saturated heterocycles. The lowest BCUT2D eigenvalue weighted by Crippen LogP contribution is -2.03. The van der Waals surface area contributed by atoms with Crippen molar-refractivity contribution in [3.05, 3.63) is 149 Å². The lowest BCUT2D eigenvalue weighted by atomic mass is 9.95. The van der Waals surface area contributed by atoms with E-state index < -0.39 is 0 Å². The summed E-state index contributed by atoms with van der Waals surface area (Å²) in [5.41, 5.74) is 7.03. The number of aliphatic imine (C=N–C) groups is 1. The van der Waals surface area contributed by atoms with Gasteiger partial charge in [-0.25, -0.2) is 0 Å². The molecule has 0 amide bonds. The van der Waals surface area contributed by atoms with Gasteiger partial charge in [0.15, 0.2) is 0 Å². The first-order valence-corrected chi connectivity index (χ1v) is 11.3. The fourth-order valence-corrected chi connectivity index (χ4v) is 4.13. The Kier molecular flexibility index (Phi) is 6.26. The van der Waals surface area contributed by atoms with Gasteiger partial charge in [0.2, 0.25) is 0 Å². The third-order valence-electron chi connectivity index (χ3n) is 5.75. The Bertz CT molecular complexity index is 1290. The molecule has 0 N–H and O–H groups in total. The van der Waals surface area contributed by atoms with Crippen LogP contribution in [0.1, 0.15) is 24.0 Å². The van der Waals surface area contributed by atoms with Gasteiger partial charge in [-0.2, -0.15) is 0 Å². The van der Waals surface area contributed by atoms with Crippen molar-refractivity contribution in [3.63, 3.8) is 0 Å². The maximum absolute atomic E-state index is 6.48. The van der Waals surface area contributed by atoms with Crippen molar-refractivity contribution in [2.75, 3.05) is 0 Å². The third kappa shape index (κ3) is 4.86. The lowest BCUT2D eigenvalue weighted by Gasteiger charge is -2.22. The fourth-order valence-electron chi connectivity index (χ4n) is 4.13. The molecular weight excluding hydrogens is 402 g/mol. The quantitative estimate of drug-likeness (QED) is 0.288. The van der Waals surface area contributed by atoms with Crippen LogP contribution in [0.4, 0.5) is 5.69 Å². The van der Waals surface area contributed by atoms with Crippen molar-refractivity contribution in [1.29, 1.82) is 0 Å². The van der Waals surface area contributed by atoms with Crippen molar-refractivity contribution < 1.29 is 4.74 Å². The molecule has 2 nitrogen and oxygen atoms in total. The van der Waals surface area contributed by atoms with E-state index in [0.29, 0.717) is 0 Å². The van der Waals surface area contributed by atoms with Gasteiger partial charge < -0.3 is 4.74 Å². The molecule has 0 radical (unpaired) electrons. The normalized spacial score (nSPS) is 16.1. The summed E-state index contributed by atoms with van der Waals surface area (Å²) in [7, 11) is 0. The van der Waals surface area contributed by atoms with Gasteiger partial charge in [0.1, 0.15) is 11.5 Å². The monoisotopic (exact) mass is 427 g/mol. The summed E-state index contributed by atoms with van der Waals surface area (Å²) in [6.07, 6.45) is 14.1. The largest absolute Gasteiger partial charge is 0.456 e. The molecule has 1 aliphatic carbocycles. The Morgan fingerprint density at radius 1 is 0.667 bits per heavy atom. The van der Waals surface area contributed by atoms with Gasteiger partial charge in [-0.3, -0.25) is 4.99 Å². The molecular formula is C31H25NO. The van der Waals surface area contributed by atoms with E-state index in [0.717, 1.165) is 35.6 Å². The molecule has 1 heterocycles. The zero-order valence-electron chi connectivity index (χ0n) is 18.4. The van der Waals surface area contributed by atoms with E-state index in [1.165, 1.54) is 22.3 Å². The number of allylic oxidation sites excluding steroid dienone is 8. The van der Waals surface area contributed by atoms with Crippen LogP contribution >= 0.6 is 0 Å². The highest BCUT2D eigenvalue weighted by Gasteiger charge is 2.28. The molecule has 1 aliphatic heterocycles. The summed E-state index contributed by atoms with van der Waals surface area (Å²) in [6.45, 7) is 0. The molecule has 33 heavy (non-hydrogen) atoms. The number of rotatable bonds is 6. The van der Waals surface area contributed by atoms with Crippen LogP contribution in [0.15, 0.2) is 143 Å². The van der Waals surface area contributed by atoms with Crippen molar-refractivity contribution in [1.82, 2.24) is 0 Å². The summed E-state index contributed by atoms with van der Waals surface area (Å²) >= 11 is 0. The van der Waals surface area contributed by atoms with Crippen LogP contribution in [-0.2, 0) is 4.74 Å². The zero-order chi connectivity index (χ0) is 22.3. The summed E-state index contributed by atoms with van der Waals surface area (Å²) in [6, 6.07) is 30.9. The minimum atomic E-state index is 0.895. The lowest BCUT2D eigenvalue weighted by molar-refractivity contribution is 0.390. The Morgan fingerprint density at radius 2 is 1.33 bits per heavy atom. The van der Waals surface area contributed by atoms with Crippen LogP contribution in [0, 0.1) is 0 Å². The van der Waals surface area contributed by atoms with Gasteiger partial charge >= 0.3 is 0 Å². The second kappa shape index (κ2) is 9.97. The number of benzene rings is 3. The molecule has 5 rings (SSSR count). The van der Waals surface area contributed by atoms with Gasteiger partial charge in [-0.05, 0) is 53.8 Å². The van der Waals surface area contributed by atoms with Crippen LogP contribution in [0.3, 0.4) is 0 Å². The first kappa shape index (κ1) is 20.7. The molecule has 0 atom stereocenters. The van der Waals surface area contributed by atoms with Crippen LogP contribution in [0.2, 0.25) is 0 Å². The highest BCUT2D eigenvalue weighted by atomic mass is 16.5. The van der Waals surface area contributed by atoms with E-state index in [2.05, 4.69) is 65.7 Å². The summed E-state index contributed by atoms with van der Waals surface area (Å²) in [4.78, 5) is 4.43. The van der Waals surface area contributed by atoms with E-state index in [9.17, 15) is 0 Å². The van der Waals surface area contributed by atoms with E-state index in [4.69, 9.17) is 4.74 Å². The van der Waals surface area contributed by atoms with Gasteiger partial charge in [-0.15, -0.1) is 0 Å². The maximum Gasteiger partial charge on any atom is 0.135 e. The summed E-state index contributed by atoms with van der Waals surface area (Å²) < 4.78 is 6.48. The van der Waals surface area contributed by atoms with Crippen molar-refractivity contribution in [2.45, 2.75) is 12.8 Å². The topological polar surface area (TPSA) is 21.6 Å². The van der Waals surface area contributed by atoms with E-state index in [1.54, 1.807) is 0 Å². The van der Waals surface area contributed by atoms with Crippen LogP contribution in [-0.4, -0.2) is 6.21 Å². The molecule has 0 fully saturated rings. The molecule has 0 spiro atoms. The summed E-state index contributed by atoms with van der Waals surface area (Å²) in [5, 5.41) is 0.